The molecule has 2 aliphatic carbocycles. The van der Waals surface area contributed by atoms with Gasteiger partial charge in [-0.3, -0.25) is 0 Å². The second kappa shape index (κ2) is 6.06. The number of nitrogens with one attached hydrogen (secondary N) is 1. The summed E-state index contributed by atoms with van der Waals surface area (Å²) in [6.45, 7) is 8.26. The maximum absolute atomic E-state index is 3.27. The Morgan fingerprint density at radius 3 is 2.50 bits per heavy atom. The summed E-state index contributed by atoms with van der Waals surface area (Å²) in [6.07, 6.45) is 9.34. The lowest BCUT2D eigenvalue weighted by molar-refractivity contribution is 0.550. The molecule has 2 aliphatic rings. The van der Waals surface area contributed by atoms with Crippen LogP contribution in [0, 0.1) is 17.8 Å². The van der Waals surface area contributed by atoms with E-state index in [9.17, 15) is 0 Å². The van der Waals surface area contributed by atoms with Crippen molar-refractivity contribution in [1.82, 2.24) is 5.32 Å². The van der Waals surface area contributed by atoms with Crippen LogP contribution in [0.2, 0.25) is 0 Å². The van der Waals surface area contributed by atoms with Crippen LogP contribution in [-0.2, 0) is 0 Å². The first kappa shape index (κ1) is 13.9. The predicted molar refractivity (Wildman–Crippen MR) is 79.6 cm³/mol. The molecule has 18 heavy (non-hydrogen) atoms. The molecule has 0 aromatic carbocycles. The molecule has 1 atom stereocenters. The smallest absolute Gasteiger partial charge is 0.00463 e. The summed E-state index contributed by atoms with van der Waals surface area (Å²) in [7, 11) is 2.05. The van der Waals surface area contributed by atoms with E-state index < -0.39 is 0 Å². The van der Waals surface area contributed by atoms with Gasteiger partial charge in [-0.2, -0.15) is 0 Å². The van der Waals surface area contributed by atoms with E-state index in [4.69, 9.17) is 0 Å². The molecular weight excluding hydrogens is 218 g/mol. The summed E-state index contributed by atoms with van der Waals surface area (Å²) in [6, 6.07) is 0. The zero-order valence-corrected chi connectivity index (χ0v) is 12.6. The Morgan fingerprint density at radius 2 is 1.94 bits per heavy atom. The van der Waals surface area contributed by atoms with Crippen LogP contribution in [0.15, 0.2) is 22.8 Å². The van der Waals surface area contributed by atoms with Crippen LogP contribution in [0.4, 0.5) is 0 Å². The molecule has 1 fully saturated rings. The number of rotatable bonds is 6. The average Bonchev–Trinajstić information content (AvgIpc) is 3.19. The van der Waals surface area contributed by atoms with Crippen LogP contribution in [0.1, 0.15) is 52.9 Å². The average molecular weight is 247 g/mol. The van der Waals surface area contributed by atoms with E-state index in [0.717, 1.165) is 24.3 Å². The number of hydrogen-bond acceptors (Lipinski definition) is 1. The van der Waals surface area contributed by atoms with Gasteiger partial charge in [-0.1, -0.05) is 38.0 Å². The highest BCUT2D eigenvalue weighted by atomic mass is 14.8. The molecule has 1 saturated carbocycles. The minimum absolute atomic E-state index is 0.742. The molecule has 0 aromatic rings. The van der Waals surface area contributed by atoms with Crippen molar-refractivity contribution in [3.8, 4) is 0 Å². The van der Waals surface area contributed by atoms with Crippen LogP contribution in [0.3, 0.4) is 0 Å². The van der Waals surface area contributed by atoms with Crippen molar-refractivity contribution in [3.05, 3.63) is 22.8 Å². The zero-order chi connectivity index (χ0) is 13.1. The fourth-order valence-corrected chi connectivity index (χ4v) is 3.12. The SMILES string of the molecule is CNCCC(C)C1=CC(C2CC2)=C(C(C)C)CC1. The number of allylic oxidation sites excluding steroid dienone is 4. The molecule has 0 bridgehead atoms. The second-order valence-corrected chi connectivity index (χ2v) is 6.42. The predicted octanol–water partition coefficient (Wildman–Crippen LogP) is 4.31. The van der Waals surface area contributed by atoms with Gasteiger partial charge < -0.3 is 5.32 Å². The maximum Gasteiger partial charge on any atom is -0.00463 e. The van der Waals surface area contributed by atoms with Crippen LogP contribution >= 0.6 is 0 Å². The molecule has 0 spiro atoms. The Kier molecular flexibility index (Phi) is 4.66. The van der Waals surface area contributed by atoms with Crippen molar-refractivity contribution < 1.29 is 0 Å². The largest absolute Gasteiger partial charge is 0.320 e. The molecule has 0 aromatic heterocycles. The minimum atomic E-state index is 0.742. The minimum Gasteiger partial charge on any atom is -0.320 e. The van der Waals surface area contributed by atoms with Crippen molar-refractivity contribution >= 4 is 0 Å². The van der Waals surface area contributed by atoms with Crippen LogP contribution in [-0.4, -0.2) is 13.6 Å². The summed E-state index contributed by atoms with van der Waals surface area (Å²) in [4.78, 5) is 0. The van der Waals surface area contributed by atoms with E-state index in [0.29, 0.717) is 0 Å². The molecule has 1 unspecified atom stereocenters. The first-order valence-electron chi connectivity index (χ1n) is 7.71. The topological polar surface area (TPSA) is 12.0 Å². The van der Waals surface area contributed by atoms with Crippen molar-refractivity contribution in [2.24, 2.45) is 17.8 Å². The molecule has 0 heterocycles. The molecule has 1 N–H and O–H groups in total. The summed E-state index contributed by atoms with van der Waals surface area (Å²) < 4.78 is 0. The van der Waals surface area contributed by atoms with Gasteiger partial charge >= 0.3 is 0 Å². The monoisotopic (exact) mass is 247 g/mol. The molecule has 1 heteroatoms. The van der Waals surface area contributed by atoms with Crippen molar-refractivity contribution in [2.45, 2.75) is 52.9 Å². The molecule has 0 aliphatic heterocycles. The third-order valence-electron chi connectivity index (χ3n) is 4.57. The van der Waals surface area contributed by atoms with Crippen LogP contribution in [0.5, 0.6) is 0 Å². The Bertz CT molecular complexity index is 345. The summed E-state index contributed by atoms with van der Waals surface area (Å²) in [5.74, 6) is 2.40. The first-order chi connectivity index (χ1) is 8.63. The van der Waals surface area contributed by atoms with Gasteiger partial charge in [-0.25, -0.2) is 0 Å². The van der Waals surface area contributed by atoms with Gasteiger partial charge in [-0.15, -0.1) is 0 Å². The number of hydrogen-bond donors (Lipinski definition) is 1. The fraction of sp³-hybridized carbons (Fsp3) is 0.765. The fourth-order valence-electron chi connectivity index (χ4n) is 3.12. The van der Waals surface area contributed by atoms with E-state index in [1.54, 1.807) is 16.7 Å². The lowest BCUT2D eigenvalue weighted by Gasteiger charge is -2.26. The summed E-state index contributed by atoms with van der Waals surface area (Å²) in [5, 5.41) is 3.27. The molecule has 102 valence electrons. The highest BCUT2D eigenvalue weighted by molar-refractivity contribution is 5.39. The quantitative estimate of drug-likeness (QED) is 0.737. The molecule has 0 amide bonds. The van der Waals surface area contributed by atoms with Crippen LogP contribution in [0.25, 0.3) is 0 Å². The van der Waals surface area contributed by atoms with E-state index in [2.05, 4.69) is 32.2 Å². The van der Waals surface area contributed by atoms with Gasteiger partial charge in [0.2, 0.25) is 0 Å². The van der Waals surface area contributed by atoms with Gasteiger partial charge in [-0.05, 0) is 69.0 Å². The molecule has 2 rings (SSSR count). The normalized spacial score (nSPS) is 22.4. The van der Waals surface area contributed by atoms with E-state index >= 15 is 0 Å². The maximum atomic E-state index is 3.27. The third-order valence-corrected chi connectivity index (χ3v) is 4.57. The van der Waals surface area contributed by atoms with Gasteiger partial charge in [0.25, 0.3) is 0 Å². The summed E-state index contributed by atoms with van der Waals surface area (Å²) >= 11 is 0. The standard InChI is InChI=1S/C17H29N/c1-12(2)16-8-7-15(13(3)9-10-18-4)11-17(16)14-5-6-14/h11-14,18H,5-10H2,1-4H3. The highest BCUT2D eigenvalue weighted by Crippen LogP contribution is 2.45. The van der Waals surface area contributed by atoms with Crippen molar-refractivity contribution in [2.75, 3.05) is 13.6 Å². The van der Waals surface area contributed by atoms with Gasteiger partial charge in [0.1, 0.15) is 0 Å². The van der Waals surface area contributed by atoms with E-state index in [1.165, 1.54) is 32.1 Å². The first-order valence-corrected chi connectivity index (χ1v) is 7.71. The Labute approximate surface area is 113 Å². The zero-order valence-electron chi connectivity index (χ0n) is 12.6. The van der Waals surface area contributed by atoms with Crippen molar-refractivity contribution in [3.63, 3.8) is 0 Å². The molecular formula is C17H29N. The molecule has 1 nitrogen and oxygen atoms in total. The second-order valence-electron chi connectivity index (χ2n) is 6.42. The van der Waals surface area contributed by atoms with Crippen LogP contribution < -0.4 is 5.32 Å². The van der Waals surface area contributed by atoms with Crippen molar-refractivity contribution in [1.29, 1.82) is 0 Å². The lowest BCUT2D eigenvalue weighted by atomic mass is 9.80. The van der Waals surface area contributed by atoms with Gasteiger partial charge in [0, 0.05) is 0 Å². The highest BCUT2D eigenvalue weighted by Gasteiger charge is 2.30. The molecule has 0 radical (unpaired) electrons. The Hall–Kier alpha value is -0.560. The van der Waals surface area contributed by atoms with Gasteiger partial charge in [0.15, 0.2) is 0 Å². The third kappa shape index (κ3) is 3.26. The van der Waals surface area contributed by atoms with Gasteiger partial charge in [0.05, 0.1) is 0 Å². The van der Waals surface area contributed by atoms with E-state index in [1.807, 2.05) is 7.05 Å². The Morgan fingerprint density at radius 1 is 1.22 bits per heavy atom. The Balaban J connectivity index is 2.11. The summed E-state index contributed by atoms with van der Waals surface area (Å²) in [5.41, 5.74) is 5.18. The van der Waals surface area contributed by atoms with E-state index in [-0.39, 0.29) is 0 Å². The molecule has 0 saturated heterocycles. The lowest BCUT2D eigenvalue weighted by Crippen LogP contribution is -2.15.